The molecule has 0 fully saturated rings. The van der Waals surface area contributed by atoms with Gasteiger partial charge in [-0.3, -0.25) is 4.98 Å². The van der Waals surface area contributed by atoms with Gasteiger partial charge in [-0.05, 0) is 46.1 Å². The molecule has 106 valence electrons. The summed E-state index contributed by atoms with van der Waals surface area (Å²) in [4.78, 5) is 4.10. The molecule has 2 atom stereocenters. The van der Waals surface area contributed by atoms with Crippen molar-refractivity contribution in [2.75, 3.05) is 0 Å². The first-order chi connectivity index (χ1) is 9.60. The predicted molar refractivity (Wildman–Crippen MR) is 85.0 cm³/mol. The van der Waals surface area contributed by atoms with Crippen LogP contribution in [-0.2, 0) is 0 Å². The van der Waals surface area contributed by atoms with Gasteiger partial charge in [0.05, 0.1) is 6.20 Å². The highest BCUT2D eigenvalue weighted by atomic mass is 79.9. The summed E-state index contributed by atoms with van der Waals surface area (Å²) in [5.41, 5.74) is 7.19. The van der Waals surface area contributed by atoms with Crippen molar-refractivity contribution in [1.82, 2.24) is 4.98 Å². The van der Waals surface area contributed by atoms with Gasteiger partial charge in [-0.25, -0.2) is 0 Å². The molecule has 2 N–H and O–H groups in total. The van der Waals surface area contributed by atoms with E-state index in [1.165, 1.54) is 0 Å². The maximum absolute atomic E-state index is 6.18. The minimum absolute atomic E-state index is 0.102. The zero-order chi connectivity index (χ0) is 14.5. The topological polar surface area (TPSA) is 48.1 Å². The van der Waals surface area contributed by atoms with Crippen LogP contribution in [0.2, 0.25) is 5.02 Å². The van der Waals surface area contributed by atoms with Crippen LogP contribution in [-0.4, -0.2) is 11.0 Å². The molecule has 0 aliphatic carbocycles. The SMILES string of the molecule is CCC(N)C(Oc1cncc(Br)c1)c1ccc(Cl)cc1. The fraction of sp³-hybridized carbons (Fsp3) is 0.267. The molecular weight excluding hydrogens is 340 g/mol. The van der Waals surface area contributed by atoms with E-state index in [-0.39, 0.29) is 12.1 Å². The van der Waals surface area contributed by atoms with Crippen LogP contribution in [0.1, 0.15) is 25.0 Å². The highest BCUT2D eigenvalue weighted by Crippen LogP contribution is 2.27. The number of aromatic nitrogens is 1. The lowest BCUT2D eigenvalue weighted by molar-refractivity contribution is 0.170. The van der Waals surface area contributed by atoms with Gasteiger partial charge in [0.25, 0.3) is 0 Å². The Balaban J connectivity index is 2.26. The van der Waals surface area contributed by atoms with Crippen LogP contribution in [0.5, 0.6) is 5.75 Å². The third kappa shape index (κ3) is 3.95. The Bertz CT molecular complexity index is 562. The number of halogens is 2. The van der Waals surface area contributed by atoms with Crippen molar-refractivity contribution in [2.45, 2.75) is 25.5 Å². The fourth-order valence-corrected chi connectivity index (χ4v) is 2.34. The quantitative estimate of drug-likeness (QED) is 0.867. The lowest BCUT2D eigenvalue weighted by atomic mass is 10.0. The smallest absolute Gasteiger partial charge is 0.139 e. The molecule has 1 aromatic heterocycles. The average Bonchev–Trinajstić information content (AvgIpc) is 2.45. The van der Waals surface area contributed by atoms with E-state index in [4.69, 9.17) is 22.1 Å². The number of hydrogen-bond donors (Lipinski definition) is 1. The van der Waals surface area contributed by atoms with E-state index in [1.807, 2.05) is 37.3 Å². The van der Waals surface area contributed by atoms with Crippen molar-refractivity contribution < 1.29 is 4.74 Å². The third-order valence-corrected chi connectivity index (χ3v) is 3.69. The van der Waals surface area contributed by atoms with Crippen molar-refractivity contribution in [2.24, 2.45) is 5.73 Å². The Kier molecular flexibility index (Phi) is 5.40. The largest absolute Gasteiger partial charge is 0.482 e. The maximum atomic E-state index is 6.18. The van der Waals surface area contributed by atoms with Crippen LogP contribution in [0.25, 0.3) is 0 Å². The molecule has 20 heavy (non-hydrogen) atoms. The molecule has 0 bridgehead atoms. The van der Waals surface area contributed by atoms with Gasteiger partial charge in [-0.15, -0.1) is 0 Å². The molecule has 1 heterocycles. The molecule has 5 heteroatoms. The Morgan fingerprint density at radius 2 is 2.00 bits per heavy atom. The molecular formula is C15H16BrClN2O. The molecule has 3 nitrogen and oxygen atoms in total. The standard InChI is InChI=1S/C15H16BrClN2O/c1-2-14(18)15(10-3-5-12(17)6-4-10)20-13-7-11(16)8-19-9-13/h3-9,14-15H,2,18H2,1H3. The van der Waals surface area contributed by atoms with Crippen molar-refractivity contribution in [3.8, 4) is 5.75 Å². The van der Waals surface area contributed by atoms with E-state index in [0.29, 0.717) is 10.8 Å². The number of nitrogens with two attached hydrogens (primary N) is 1. The van der Waals surface area contributed by atoms with Gasteiger partial charge in [0.15, 0.2) is 0 Å². The molecule has 2 aromatic rings. The van der Waals surface area contributed by atoms with Crippen LogP contribution in [0.3, 0.4) is 0 Å². The lowest BCUT2D eigenvalue weighted by Gasteiger charge is -2.24. The summed E-state index contributed by atoms with van der Waals surface area (Å²) < 4.78 is 6.88. The summed E-state index contributed by atoms with van der Waals surface area (Å²) in [5.74, 6) is 0.684. The van der Waals surface area contributed by atoms with Crippen molar-refractivity contribution in [1.29, 1.82) is 0 Å². The first-order valence-electron chi connectivity index (χ1n) is 6.38. The first-order valence-corrected chi connectivity index (χ1v) is 7.55. The molecule has 1 aromatic carbocycles. The van der Waals surface area contributed by atoms with Gasteiger partial charge in [0.1, 0.15) is 11.9 Å². The van der Waals surface area contributed by atoms with E-state index >= 15 is 0 Å². The number of ether oxygens (including phenoxy) is 1. The Labute approximate surface area is 132 Å². The molecule has 2 unspecified atom stereocenters. The summed E-state index contributed by atoms with van der Waals surface area (Å²) in [5, 5.41) is 0.696. The second kappa shape index (κ2) is 7.07. The van der Waals surface area contributed by atoms with E-state index in [9.17, 15) is 0 Å². The molecule has 0 spiro atoms. The van der Waals surface area contributed by atoms with Gasteiger partial charge in [-0.1, -0.05) is 30.7 Å². The molecule has 0 amide bonds. The van der Waals surface area contributed by atoms with Gasteiger partial charge in [0, 0.05) is 21.7 Å². The predicted octanol–water partition coefficient (Wildman–Crippen LogP) is 4.35. The summed E-state index contributed by atoms with van der Waals surface area (Å²) in [6, 6.07) is 9.33. The van der Waals surface area contributed by atoms with E-state index in [1.54, 1.807) is 12.4 Å². The summed E-state index contributed by atoms with van der Waals surface area (Å²) in [6.45, 7) is 2.04. The first kappa shape index (κ1) is 15.3. The van der Waals surface area contributed by atoms with Crippen LogP contribution in [0, 0.1) is 0 Å². The van der Waals surface area contributed by atoms with Crippen molar-refractivity contribution >= 4 is 27.5 Å². The van der Waals surface area contributed by atoms with E-state index in [0.717, 1.165) is 16.5 Å². The molecule has 0 saturated carbocycles. The van der Waals surface area contributed by atoms with Gasteiger partial charge < -0.3 is 10.5 Å². The molecule has 0 aliphatic heterocycles. The van der Waals surface area contributed by atoms with Gasteiger partial charge >= 0.3 is 0 Å². The Hall–Kier alpha value is -1.10. The summed E-state index contributed by atoms with van der Waals surface area (Å²) in [6.07, 6.45) is 3.97. The zero-order valence-corrected chi connectivity index (χ0v) is 13.4. The summed E-state index contributed by atoms with van der Waals surface area (Å²) >= 11 is 9.30. The van der Waals surface area contributed by atoms with E-state index in [2.05, 4.69) is 20.9 Å². The number of pyridine rings is 1. The number of rotatable bonds is 5. The van der Waals surface area contributed by atoms with Crippen molar-refractivity contribution in [3.05, 3.63) is 57.8 Å². The maximum Gasteiger partial charge on any atom is 0.139 e. The second-order valence-corrected chi connectivity index (χ2v) is 5.85. The summed E-state index contributed by atoms with van der Waals surface area (Å²) in [7, 11) is 0. The minimum atomic E-state index is -0.228. The van der Waals surface area contributed by atoms with Crippen molar-refractivity contribution in [3.63, 3.8) is 0 Å². The number of hydrogen-bond acceptors (Lipinski definition) is 3. The second-order valence-electron chi connectivity index (χ2n) is 4.50. The third-order valence-electron chi connectivity index (χ3n) is 3.00. The highest BCUT2D eigenvalue weighted by Gasteiger charge is 2.20. The van der Waals surface area contributed by atoms with Crippen LogP contribution in [0.15, 0.2) is 47.2 Å². The normalized spacial score (nSPS) is 13.8. The fourth-order valence-electron chi connectivity index (χ4n) is 1.87. The number of benzene rings is 1. The lowest BCUT2D eigenvalue weighted by Crippen LogP contribution is -2.31. The van der Waals surface area contributed by atoms with Crippen LogP contribution >= 0.6 is 27.5 Å². The van der Waals surface area contributed by atoms with Crippen LogP contribution in [0.4, 0.5) is 0 Å². The molecule has 0 radical (unpaired) electrons. The molecule has 2 rings (SSSR count). The molecule has 0 saturated heterocycles. The van der Waals surface area contributed by atoms with E-state index < -0.39 is 0 Å². The number of nitrogens with zero attached hydrogens (tertiary/aromatic N) is 1. The molecule has 0 aliphatic rings. The van der Waals surface area contributed by atoms with Crippen LogP contribution < -0.4 is 10.5 Å². The highest BCUT2D eigenvalue weighted by molar-refractivity contribution is 9.10. The Morgan fingerprint density at radius 3 is 2.60 bits per heavy atom. The Morgan fingerprint density at radius 1 is 1.30 bits per heavy atom. The average molecular weight is 356 g/mol. The van der Waals surface area contributed by atoms with Gasteiger partial charge in [-0.2, -0.15) is 0 Å². The monoisotopic (exact) mass is 354 g/mol. The van der Waals surface area contributed by atoms with Gasteiger partial charge in [0.2, 0.25) is 0 Å². The zero-order valence-electron chi connectivity index (χ0n) is 11.1. The minimum Gasteiger partial charge on any atom is -0.482 e.